The highest BCUT2D eigenvalue weighted by Gasteiger charge is 2.34. The molecule has 0 aromatic rings. The molecule has 0 aromatic heterocycles. The molecule has 14 aliphatic heterocycles. The maximum absolute atomic E-state index is 5.37. The number of piperidine rings is 8. The van der Waals surface area contributed by atoms with E-state index in [1.54, 1.807) is 0 Å². The van der Waals surface area contributed by atoms with E-state index in [0.29, 0.717) is 18.6 Å². The molecule has 16 aliphatic rings. The van der Waals surface area contributed by atoms with Gasteiger partial charge >= 0.3 is 0 Å². The molecule has 16 rings (SSSR count). The van der Waals surface area contributed by atoms with Crippen molar-refractivity contribution in [2.24, 2.45) is 47.3 Å². The molecular formula is C74H161N13O. The Morgan fingerprint density at radius 1 is 0.205 bits per heavy atom. The molecule has 14 nitrogen and oxygen atoms in total. The number of rotatable bonds is 0. The topological polar surface area (TPSA) is 166 Å². The largest absolute Gasteiger partial charge is 0.363 e. The van der Waals surface area contributed by atoms with E-state index in [9.17, 15) is 0 Å². The zero-order valence-electron chi connectivity index (χ0n) is 61.8. The molecule has 16 fully saturated rings. The smallest absolute Gasteiger partial charge is 0.111 e. The van der Waals surface area contributed by atoms with Crippen LogP contribution in [0.5, 0.6) is 0 Å². The minimum Gasteiger partial charge on any atom is -0.363 e. The van der Waals surface area contributed by atoms with Gasteiger partial charge in [-0.1, -0.05) is 130 Å². The van der Waals surface area contributed by atoms with Crippen LogP contribution >= 0.6 is 0 Å². The molecule has 14 atom stereocenters. The van der Waals surface area contributed by atoms with Crippen molar-refractivity contribution >= 4 is 0 Å². The fourth-order valence-corrected chi connectivity index (χ4v) is 16.1. The first kappa shape index (κ1) is 85.5. The lowest BCUT2D eigenvalue weighted by Gasteiger charge is -2.36. The van der Waals surface area contributed by atoms with Crippen LogP contribution in [-0.2, 0) is 4.74 Å². The summed E-state index contributed by atoms with van der Waals surface area (Å²) in [7, 11) is 0. The molecule has 528 valence electrons. The van der Waals surface area contributed by atoms with E-state index >= 15 is 0 Å². The van der Waals surface area contributed by atoms with Crippen molar-refractivity contribution in [3.63, 3.8) is 0 Å². The summed E-state index contributed by atoms with van der Waals surface area (Å²) in [5.41, 5.74) is 0. The quantitative estimate of drug-likeness (QED) is 0.111. The summed E-state index contributed by atoms with van der Waals surface area (Å²) < 4.78 is 5.37. The third kappa shape index (κ3) is 33.2. The summed E-state index contributed by atoms with van der Waals surface area (Å²) >= 11 is 0. The van der Waals surface area contributed by atoms with Crippen molar-refractivity contribution in [2.45, 2.75) is 320 Å². The number of hydrogen-bond donors (Lipinski definition) is 13. The van der Waals surface area contributed by atoms with Crippen molar-refractivity contribution in [3.05, 3.63) is 0 Å². The molecule has 2 saturated carbocycles. The third-order valence-electron chi connectivity index (χ3n) is 20.5. The van der Waals surface area contributed by atoms with E-state index < -0.39 is 0 Å². The second-order valence-electron chi connectivity index (χ2n) is 25.2. The van der Waals surface area contributed by atoms with Crippen LogP contribution in [0.1, 0.15) is 271 Å². The van der Waals surface area contributed by atoms with E-state index in [1.165, 1.54) is 259 Å². The third-order valence-corrected chi connectivity index (χ3v) is 20.5. The van der Waals surface area contributed by atoms with Gasteiger partial charge in [0.05, 0.1) is 12.3 Å². The lowest BCUT2D eigenvalue weighted by atomic mass is 9.89. The molecule has 14 heterocycles. The van der Waals surface area contributed by atoms with E-state index in [2.05, 4.69) is 69.1 Å². The van der Waals surface area contributed by atoms with Gasteiger partial charge in [0.1, 0.15) is 6.23 Å². The summed E-state index contributed by atoms with van der Waals surface area (Å²) in [5.74, 6) is 7.87. The van der Waals surface area contributed by atoms with Crippen molar-refractivity contribution in [1.29, 1.82) is 0 Å². The van der Waals surface area contributed by atoms with Crippen LogP contribution in [0, 0.1) is 47.3 Å². The van der Waals surface area contributed by atoms with Crippen LogP contribution in [0.2, 0.25) is 0 Å². The first-order chi connectivity index (χ1) is 43.7. The molecule has 0 spiro atoms. The molecule has 2 aliphatic carbocycles. The monoisotopic (exact) mass is 1250 g/mol. The lowest BCUT2D eigenvalue weighted by molar-refractivity contribution is 0.0854. The van der Waals surface area contributed by atoms with Crippen LogP contribution in [0.25, 0.3) is 0 Å². The predicted molar refractivity (Wildman–Crippen MR) is 389 cm³/mol. The molecular weight excluding hydrogens is 1090 g/mol. The molecule has 13 N–H and O–H groups in total. The van der Waals surface area contributed by atoms with Crippen molar-refractivity contribution in [2.75, 3.05) is 111 Å². The number of fused-ring (bicyclic) bond motifs is 8. The van der Waals surface area contributed by atoms with Gasteiger partial charge < -0.3 is 68.5 Å². The fraction of sp³-hybridized carbons (Fsp3) is 1.00. The Hall–Kier alpha value is -0.560. The van der Waals surface area contributed by atoms with Crippen molar-refractivity contribution < 1.29 is 4.74 Å². The summed E-state index contributed by atoms with van der Waals surface area (Å²) in [6, 6.07) is 4.18. The average molecular weight is 1250 g/mol. The molecule has 14 unspecified atom stereocenters. The first-order valence-electron chi connectivity index (χ1n) is 39.8. The molecule has 0 aromatic carbocycles. The van der Waals surface area contributed by atoms with Crippen molar-refractivity contribution in [3.8, 4) is 0 Å². The van der Waals surface area contributed by atoms with Crippen LogP contribution in [0.3, 0.4) is 0 Å². The Bertz CT molecular complexity index is 1130. The Morgan fingerprint density at radius 2 is 0.534 bits per heavy atom. The summed E-state index contributed by atoms with van der Waals surface area (Å²) in [4.78, 5) is 0. The second kappa shape index (κ2) is 59.0. The first-order valence-corrected chi connectivity index (χ1v) is 39.8. The molecule has 0 radical (unpaired) electrons. The maximum atomic E-state index is 5.37. The fourth-order valence-electron chi connectivity index (χ4n) is 16.1. The molecule has 0 bridgehead atoms. The van der Waals surface area contributed by atoms with Crippen LogP contribution in [0.4, 0.5) is 0 Å². The highest BCUT2D eigenvalue weighted by atomic mass is 16.5. The summed E-state index contributed by atoms with van der Waals surface area (Å²) in [6.45, 7) is 52.7. The van der Waals surface area contributed by atoms with Gasteiger partial charge in [0.2, 0.25) is 0 Å². The minimum atomic E-state index is 0.426. The SMILES string of the molecule is C1CC2CCNC2CN1.C1CC2CCNCC2C1.C1CC2CCOC2N1.C1CC2NCCC2CN1.C1CNC2CCCC2C1.C1CNC2CCNC2C1.C1CNC2NCCC2C1.C1CNC2NCCCC2C1.CC.CC.CC.CC.CC.CC.CC.CC. The molecule has 14 heteroatoms. The molecule has 88 heavy (non-hydrogen) atoms. The molecule has 14 saturated heterocycles. The van der Waals surface area contributed by atoms with Crippen LogP contribution in [0.15, 0.2) is 0 Å². The van der Waals surface area contributed by atoms with Crippen LogP contribution in [-0.4, -0.2) is 160 Å². The Balaban J connectivity index is 0.000000487. The Labute approximate surface area is 550 Å². The summed E-state index contributed by atoms with van der Waals surface area (Å²) in [5, 5.41) is 45.1. The van der Waals surface area contributed by atoms with E-state index in [0.717, 1.165) is 90.7 Å². The van der Waals surface area contributed by atoms with E-state index in [4.69, 9.17) is 4.74 Å². The normalized spacial score (nSPS) is 35.5. The van der Waals surface area contributed by atoms with E-state index in [1.807, 2.05) is 111 Å². The zero-order valence-corrected chi connectivity index (χ0v) is 61.8. The standard InChI is InChI=1S/C8H16N2.2C8H15N.4C7H14N2.C6H11NO.8C2H6/c1-3-7-4-2-6-10-8(7)9-5-1;1-3-7-4-2-6-9-8(7)5-1;1-2-7-4-5-9-6-8(7)3-1;1-4-9-7-2-3-8-5-6(1)7;1-3-8-5-7-6(1)2-4-9-7;1-2-6-7(8-4-1)3-5-9-6;1-2-6-3-5-9-7(6)8-4-1;1-3-7-6-5(1)2-4-8-6;8*1-2/h7-10H,1-6H2;2*7-9H,1-6H2;4*6-9H,1-5H2;5-7H,1-4H2;8*1-2H3. The molecule has 0 amide bonds. The van der Waals surface area contributed by atoms with Gasteiger partial charge in [0, 0.05) is 49.3 Å². The van der Waals surface area contributed by atoms with Gasteiger partial charge in [-0.3, -0.25) is 5.32 Å². The predicted octanol–water partition coefficient (Wildman–Crippen LogP) is 12.5. The second-order valence-corrected chi connectivity index (χ2v) is 25.2. The van der Waals surface area contributed by atoms with Gasteiger partial charge in [-0.05, 0) is 281 Å². The Kier molecular flexibility index (Phi) is 57.3. The summed E-state index contributed by atoms with van der Waals surface area (Å²) in [6.07, 6.45) is 37.1. The van der Waals surface area contributed by atoms with E-state index in [-0.39, 0.29) is 0 Å². The number of nitrogens with one attached hydrogen (secondary N) is 13. The van der Waals surface area contributed by atoms with Gasteiger partial charge in [0.25, 0.3) is 0 Å². The van der Waals surface area contributed by atoms with Gasteiger partial charge in [-0.15, -0.1) is 0 Å². The van der Waals surface area contributed by atoms with Crippen molar-refractivity contribution in [1.82, 2.24) is 69.1 Å². The number of ether oxygens (including phenoxy) is 1. The van der Waals surface area contributed by atoms with Gasteiger partial charge in [-0.25, -0.2) is 0 Å². The highest BCUT2D eigenvalue weighted by Crippen LogP contribution is 2.35. The maximum Gasteiger partial charge on any atom is 0.111 e. The van der Waals surface area contributed by atoms with Gasteiger partial charge in [0.15, 0.2) is 0 Å². The number of hydrogen-bond acceptors (Lipinski definition) is 14. The van der Waals surface area contributed by atoms with Crippen LogP contribution < -0.4 is 69.1 Å². The highest BCUT2D eigenvalue weighted by molar-refractivity contribution is 4.93. The minimum absolute atomic E-state index is 0.426. The lowest BCUT2D eigenvalue weighted by Crippen LogP contribution is -2.53. The zero-order chi connectivity index (χ0) is 64.8. The van der Waals surface area contributed by atoms with Gasteiger partial charge in [-0.2, -0.15) is 0 Å². The Morgan fingerprint density at radius 3 is 1.11 bits per heavy atom. The average Bonchev–Trinajstić information content (AvgIpc) is 4.64.